The molecule has 0 spiro atoms. The first-order chi connectivity index (χ1) is 9.11. The molecule has 2 aromatic carbocycles. The summed E-state index contributed by atoms with van der Waals surface area (Å²) >= 11 is 0. The zero-order chi connectivity index (χ0) is 13.8. The first-order valence-corrected chi connectivity index (χ1v) is 5.86. The minimum Gasteiger partial charge on any atom is -0.508 e. The number of ether oxygens (including phenoxy) is 1. The van der Waals surface area contributed by atoms with Gasteiger partial charge in [0.15, 0.2) is 0 Å². The lowest BCUT2D eigenvalue weighted by molar-refractivity contribution is 0.102. The minimum atomic E-state index is -0.248. The van der Waals surface area contributed by atoms with E-state index in [0.29, 0.717) is 22.6 Å². The lowest BCUT2D eigenvalue weighted by Gasteiger charge is -2.12. The van der Waals surface area contributed by atoms with Gasteiger partial charge in [0.2, 0.25) is 0 Å². The zero-order valence-corrected chi connectivity index (χ0v) is 10.8. The number of hydrogen-bond donors (Lipinski definition) is 2. The third-order valence-corrected chi connectivity index (χ3v) is 2.80. The lowest BCUT2D eigenvalue weighted by Crippen LogP contribution is -2.12. The third-order valence-electron chi connectivity index (χ3n) is 2.80. The van der Waals surface area contributed by atoms with E-state index in [1.165, 1.54) is 13.2 Å². The maximum Gasteiger partial charge on any atom is 0.255 e. The van der Waals surface area contributed by atoms with E-state index in [1.54, 1.807) is 37.3 Å². The summed E-state index contributed by atoms with van der Waals surface area (Å²) < 4.78 is 5.19. The van der Waals surface area contributed by atoms with E-state index >= 15 is 0 Å². The highest BCUT2D eigenvalue weighted by Gasteiger charge is 2.11. The highest BCUT2D eigenvalue weighted by atomic mass is 16.5. The minimum absolute atomic E-state index is 0.115. The van der Waals surface area contributed by atoms with Crippen LogP contribution < -0.4 is 10.1 Å². The summed E-state index contributed by atoms with van der Waals surface area (Å²) in [5.74, 6) is 0.380. The monoisotopic (exact) mass is 257 g/mol. The molecule has 98 valence electrons. The van der Waals surface area contributed by atoms with Crippen molar-refractivity contribution < 1.29 is 14.6 Å². The Labute approximate surface area is 111 Å². The van der Waals surface area contributed by atoms with Crippen molar-refractivity contribution in [3.05, 3.63) is 53.6 Å². The van der Waals surface area contributed by atoms with Crippen molar-refractivity contribution >= 4 is 11.6 Å². The number of rotatable bonds is 3. The molecule has 1 amide bonds. The predicted octanol–water partition coefficient (Wildman–Crippen LogP) is 2.96. The molecule has 0 aliphatic heterocycles. The second-order valence-electron chi connectivity index (χ2n) is 4.16. The quantitative estimate of drug-likeness (QED) is 0.888. The number of benzene rings is 2. The van der Waals surface area contributed by atoms with Gasteiger partial charge in [-0.1, -0.05) is 18.2 Å². The number of aromatic hydroxyl groups is 1. The molecule has 4 heteroatoms. The zero-order valence-electron chi connectivity index (χ0n) is 10.8. The van der Waals surface area contributed by atoms with Crippen molar-refractivity contribution in [2.45, 2.75) is 6.92 Å². The topological polar surface area (TPSA) is 58.6 Å². The van der Waals surface area contributed by atoms with Crippen LogP contribution in [0.15, 0.2) is 42.5 Å². The summed E-state index contributed by atoms with van der Waals surface area (Å²) in [7, 11) is 1.52. The second-order valence-corrected chi connectivity index (χ2v) is 4.16. The number of carbonyl (C=O) groups excluding carboxylic acids is 1. The number of phenols is 1. The highest BCUT2D eigenvalue weighted by molar-refractivity contribution is 6.05. The maximum absolute atomic E-state index is 12.0. The van der Waals surface area contributed by atoms with E-state index in [2.05, 4.69) is 5.32 Å². The fourth-order valence-electron chi connectivity index (χ4n) is 1.72. The van der Waals surface area contributed by atoms with Crippen molar-refractivity contribution in [1.29, 1.82) is 0 Å². The first kappa shape index (κ1) is 13.0. The number of hydrogen-bond acceptors (Lipinski definition) is 3. The Morgan fingerprint density at radius 3 is 2.53 bits per heavy atom. The smallest absolute Gasteiger partial charge is 0.255 e. The molecule has 4 nitrogen and oxygen atoms in total. The molecule has 0 fully saturated rings. The molecule has 0 aromatic heterocycles. The molecule has 0 bridgehead atoms. The van der Waals surface area contributed by atoms with Gasteiger partial charge in [-0.05, 0) is 30.7 Å². The van der Waals surface area contributed by atoms with Crippen LogP contribution in [0.1, 0.15) is 15.9 Å². The van der Waals surface area contributed by atoms with Gasteiger partial charge in [0.25, 0.3) is 5.91 Å². The number of phenolic OH excluding ortho intramolecular Hbond substituents is 1. The molecule has 2 aromatic rings. The summed E-state index contributed by atoms with van der Waals surface area (Å²) in [6, 6.07) is 12.0. The van der Waals surface area contributed by atoms with Gasteiger partial charge < -0.3 is 15.2 Å². The predicted molar refractivity (Wildman–Crippen MR) is 73.8 cm³/mol. The SMILES string of the molecule is COc1cc(C)c(O)cc1NC(=O)c1ccccc1. The van der Waals surface area contributed by atoms with E-state index in [-0.39, 0.29) is 11.7 Å². The molecule has 19 heavy (non-hydrogen) atoms. The molecule has 0 unspecified atom stereocenters. The number of methoxy groups -OCH3 is 1. The van der Waals surface area contributed by atoms with E-state index < -0.39 is 0 Å². The molecule has 0 radical (unpaired) electrons. The van der Waals surface area contributed by atoms with Crippen molar-refractivity contribution in [2.24, 2.45) is 0 Å². The molecule has 0 aliphatic carbocycles. The average molecular weight is 257 g/mol. The normalized spacial score (nSPS) is 10.0. The number of aryl methyl sites for hydroxylation is 1. The highest BCUT2D eigenvalue weighted by Crippen LogP contribution is 2.31. The van der Waals surface area contributed by atoms with E-state index in [4.69, 9.17) is 4.74 Å². The Bertz CT molecular complexity index is 594. The molecule has 2 N–H and O–H groups in total. The molecular formula is C15H15NO3. The summed E-state index contributed by atoms with van der Waals surface area (Å²) in [5, 5.41) is 12.4. The Balaban J connectivity index is 2.28. The van der Waals surface area contributed by atoms with Crippen LogP contribution in [0.5, 0.6) is 11.5 Å². The van der Waals surface area contributed by atoms with Crippen molar-refractivity contribution in [3.8, 4) is 11.5 Å². The number of carbonyl (C=O) groups is 1. The lowest BCUT2D eigenvalue weighted by atomic mass is 10.1. The number of amides is 1. The Morgan fingerprint density at radius 1 is 1.21 bits per heavy atom. The van der Waals surface area contributed by atoms with Crippen LogP contribution in [0, 0.1) is 6.92 Å². The maximum atomic E-state index is 12.0. The Hall–Kier alpha value is -2.49. The van der Waals surface area contributed by atoms with Crippen molar-refractivity contribution in [3.63, 3.8) is 0 Å². The molecule has 0 saturated heterocycles. The number of anilines is 1. The average Bonchev–Trinajstić information content (AvgIpc) is 2.43. The van der Waals surface area contributed by atoms with E-state index in [1.807, 2.05) is 6.07 Å². The van der Waals surface area contributed by atoms with Crippen LogP contribution in [-0.2, 0) is 0 Å². The van der Waals surface area contributed by atoms with Crippen LogP contribution in [-0.4, -0.2) is 18.1 Å². The summed E-state index contributed by atoms with van der Waals surface area (Å²) in [5.41, 5.74) is 1.68. The number of nitrogens with one attached hydrogen (secondary N) is 1. The summed E-state index contributed by atoms with van der Waals surface area (Å²) in [6.07, 6.45) is 0. The van der Waals surface area contributed by atoms with E-state index in [9.17, 15) is 9.90 Å². The van der Waals surface area contributed by atoms with Crippen molar-refractivity contribution in [1.82, 2.24) is 0 Å². The fraction of sp³-hybridized carbons (Fsp3) is 0.133. The van der Waals surface area contributed by atoms with Crippen LogP contribution in [0.4, 0.5) is 5.69 Å². The molecule has 0 saturated carbocycles. The Kier molecular flexibility index (Phi) is 3.71. The van der Waals surface area contributed by atoms with Gasteiger partial charge in [0, 0.05) is 11.6 Å². The van der Waals surface area contributed by atoms with Gasteiger partial charge in [-0.3, -0.25) is 4.79 Å². The van der Waals surface area contributed by atoms with Crippen LogP contribution in [0.2, 0.25) is 0 Å². The molecule has 2 rings (SSSR count). The van der Waals surface area contributed by atoms with Gasteiger partial charge in [-0.2, -0.15) is 0 Å². The van der Waals surface area contributed by atoms with E-state index in [0.717, 1.165) is 0 Å². The van der Waals surface area contributed by atoms with Gasteiger partial charge in [-0.25, -0.2) is 0 Å². The molecular weight excluding hydrogens is 242 g/mol. The molecule has 0 aliphatic rings. The largest absolute Gasteiger partial charge is 0.508 e. The molecule has 0 heterocycles. The van der Waals surface area contributed by atoms with Crippen LogP contribution in [0.25, 0.3) is 0 Å². The Morgan fingerprint density at radius 2 is 1.89 bits per heavy atom. The van der Waals surface area contributed by atoms with Crippen molar-refractivity contribution in [2.75, 3.05) is 12.4 Å². The third kappa shape index (κ3) is 2.85. The van der Waals surface area contributed by atoms with Crippen LogP contribution in [0.3, 0.4) is 0 Å². The standard InChI is InChI=1S/C15H15NO3/c1-10-8-14(19-2)12(9-13(10)17)16-15(18)11-6-4-3-5-7-11/h3-9,17H,1-2H3,(H,16,18). The van der Waals surface area contributed by atoms with Gasteiger partial charge >= 0.3 is 0 Å². The summed E-state index contributed by atoms with van der Waals surface area (Å²) in [6.45, 7) is 1.76. The fourth-order valence-corrected chi connectivity index (χ4v) is 1.72. The first-order valence-electron chi connectivity index (χ1n) is 5.86. The molecule has 0 atom stereocenters. The van der Waals surface area contributed by atoms with Gasteiger partial charge in [0.1, 0.15) is 11.5 Å². The second kappa shape index (κ2) is 5.44. The van der Waals surface area contributed by atoms with Gasteiger partial charge in [0.05, 0.1) is 12.8 Å². The van der Waals surface area contributed by atoms with Crippen LogP contribution >= 0.6 is 0 Å². The van der Waals surface area contributed by atoms with Gasteiger partial charge in [-0.15, -0.1) is 0 Å². The summed E-state index contributed by atoms with van der Waals surface area (Å²) in [4.78, 5) is 12.0.